The highest BCUT2D eigenvalue weighted by atomic mass is 16.5. The van der Waals surface area contributed by atoms with Crippen molar-refractivity contribution in [3.05, 3.63) is 29.3 Å². The predicted molar refractivity (Wildman–Crippen MR) is 78.9 cm³/mol. The van der Waals surface area contributed by atoms with E-state index in [1.807, 2.05) is 0 Å². The molecule has 1 heterocycles. The Morgan fingerprint density at radius 2 is 2.14 bits per heavy atom. The minimum absolute atomic E-state index is 0.0873. The van der Waals surface area contributed by atoms with E-state index in [-0.39, 0.29) is 11.7 Å². The van der Waals surface area contributed by atoms with Crippen molar-refractivity contribution in [3.8, 4) is 5.75 Å². The van der Waals surface area contributed by atoms with Crippen LogP contribution in [0.3, 0.4) is 0 Å². The average molecular weight is 293 g/mol. The number of fused-ring (bicyclic) bond motifs is 1. The molecule has 0 amide bonds. The molecule has 2 unspecified atom stereocenters. The number of hydrogen-bond donors (Lipinski definition) is 2. The Morgan fingerprint density at radius 3 is 2.81 bits per heavy atom. The Kier molecular flexibility index (Phi) is 4.85. The predicted octanol–water partition coefficient (Wildman–Crippen LogP) is 2.00. The molecule has 1 aromatic rings. The van der Waals surface area contributed by atoms with E-state index < -0.39 is 12.1 Å². The molecule has 0 radical (unpaired) electrons. The van der Waals surface area contributed by atoms with Crippen LogP contribution >= 0.6 is 0 Å². The summed E-state index contributed by atoms with van der Waals surface area (Å²) in [5, 5.41) is 19.7. The molecule has 5 nitrogen and oxygen atoms in total. The van der Waals surface area contributed by atoms with E-state index in [0.29, 0.717) is 30.2 Å². The van der Waals surface area contributed by atoms with Gasteiger partial charge < -0.3 is 14.9 Å². The van der Waals surface area contributed by atoms with Crippen molar-refractivity contribution in [2.45, 2.75) is 32.4 Å². The molecular weight excluding hydrogens is 270 g/mol. The second kappa shape index (κ2) is 6.45. The molecule has 0 saturated heterocycles. The van der Waals surface area contributed by atoms with Crippen molar-refractivity contribution >= 4 is 5.97 Å². The smallest absolute Gasteiger partial charge is 0.328 e. The van der Waals surface area contributed by atoms with E-state index in [9.17, 15) is 15.0 Å². The van der Waals surface area contributed by atoms with Crippen LogP contribution in [0.4, 0.5) is 0 Å². The van der Waals surface area contributed by atoms with Crippen molar-refractivity contribution in [2.75, 3.05) is 20.2 Å². The second-order valence-corrected chi connectivity index (χ2v) is 6.02. The molecule has 1 aliphatic heterocycles. The van der Waals surface area contributed by atoms with E-state index in [0.717, 1.165) is 6.42 Å². The average Bonchev–Trinajstić information content (AvgIpc) is 2.39. The Balaban J connectivity index is 2.19. The number of aromatic hydroxyl groups is 1. The molecule has 1 aliphatic rings. The van der Waals surface area contributed by atoms with Gasteiger partial charge in [0.2, 0.25) is 0 Å². The van der Waals surface area contributed by atoms with E-state index in [1.165, 1.54) is 12.1 Å². The van der Waals surface area contributed by atoms with Crippen LogP contribution in [0.1, 0.15) is 43.5 Å². The van der Waals surface area contributed by atoms with Crippen molar-refractivity contribution in [1.82, 2.24) is 4.90 Å². The van der Waals surface area contributed by atoms with Crippen molar-refractivity contribution in [1.29, 1.82) is 0 Å². The number of likely N-dealkylation sites (N-methyl/N-ethyl adjacent to an activating group) is 1. The lowest BCUT2D eigenvalue weighted by molar-refractivity contribution is -0.151. The quantitative estimate of drug-likeness (QED) is 0.831. The summed E-state index contributed by atoms with van der Waals surface area (Å²) in [4.78, 5) is 14.1. The number of phenols is 1. The van der Waals surface area contributed by atoms with Crippen LogP contribution in [0.25, 0.3) is 0 Å². The van der Waals surface area contributed by atoms with E-state index >= 15 is 0 Å². The first-order valence-electron chi connectivity index (χ1n) is 7.28. The van der Waals surface area contributed by atoms with Gasteiger partial charge in [-0.3, -0.25) is 4.90 Å². The summed E-state index contributed by atoms with van der Waals surface area (Å²) in [7, 11) is 1.79. The number of carbonyl (C=O) groups excluding carboxylic acids is 1. The number of nitrogens with zero attached hydrogens (tertiary/aromatic N) is 1. The topological polar surface area (TPSA) is 70.0 Å². The third-order valence-electron chi connectivity index (χ3n) is 3.79. The van der Waals surface area contributed by atoms with Gasteiger partial charge in [-0.15, -0.1) is 0 Å². The molecule has 0 aliphatic carbocycles. The number of hydrogen-bond acceptors (Lipinski definition) is 5. The summed E-state index contributed by atoms with van der Waals surface area (Å²) < 4.78 is 5.36. The summed E-state index contributed by atoms with van der Waals surface area (Å²) in [5.74, 6) is 0.259. The fraction of sp³-hybridized carbons (Fsp3) is 0.562. The highest BCUT2D eigenvalue weighted by molar-refractivity contribution is 5.78. The maximum absolute atomic E-state index is 12.3. The molecule has 0 spiro atoms. The zero-order valence-electron chi connectivity index (χ0n) is 12.7. The number of phenolic OH excluding ortho intramolecular Hbond substituents is 1. The van der Waals surface area contributed by atoms with Gasteiger partial charge in [0.1, 0.15) is 11.8 Å². The number of aliphatic hydroxyl groups is 1. The largest absolute Gasteiger partial charge is 0.508 e. The number of esters is 1. The van der Waals surface area contributed by atoms with Gasteiger partial charge in [0.05, 0.1) is 12.7 Å². The normalized spacial score (nSPS) is 22.1. The van der Waals surface area contributed by atoms with Crippen molar-refractivity contribution < 1.29 is 19.7 Å². The first-order chi connectivity index (χ1) is 9.90. The Labute approximate surface area is 125 Å². The highest BCUT2D eigenvalue weighted by Crippen LogP contribution is 2.36. The molecule has 5 heteroatoms. The summed E-state index contributed by atoms with van der Waals surface area (Å²) in [5.41, 5.74) is 1.29. The molecule has 2 atom stereocenters. The van der Waals surface area contributed by atoms with Crippen molar-refractivity contribution in [3.63, 3.8) is 0 Å². The molecule has 1 aromatic carbocycles. The number of aliphatic hydroxyl groups excluding tert-OH is 1. The van der Waals surface area contributed by atoms with Crippen LogP contribution in [0, 0.1) is 5.92 Å². The van der Waals surface area contributed by atoms with Gasteiger partial charge in [0.25, 0.3) is 0 Å². The lowest BCUT2D eigenvalue weighted by Crippen LogP contribution is -2.40. The summed E-state index contributed by atoms with van der Waals surface area (Å²) in [6.07, 6.45) is 0.115. The van der Waals surface area contributed by atoms with Crippen LogP contribution in [0.15, 0.2) is 18.2 Å². The zero-order chi connectivity index (χ0) is 15.6. The van der Waals surface area contributed by atoms with Gasteiger partial charge >= 0.3 is 5.97 Å². The Bertz CT molecular complexity index is 515. The summed E-state index contributed by atoms with van der Waals surface area (Å²) >= 11 is 0. The van der Waals surface area contributed by atoms with Crippen molar-refractivity contribution in [2.24, 2.45) is 5.92 Å². The SMILES string of the molecule is CC(C)CCOC(=O)C1c2ccc(O)cc2C(O)CN1C. The van der Waals surface area contributed by atoms with Crippen LogP contribution in [-0.2, 0) is 9.53 Å². The fourth-order valence-corrected chi connectivity index (χ4v) is 2.59. The lowest BCUT2D eigenvalue weighted by atomic mass is 9.91. The van der Waals surface area contributed by atoms with Gasteiger partial charge in [0, 0.05) is 6.54 Å². The van der Waals surface area contributed by atoms with Gasteiger partial charge in [-0.25, -0.2) is 4.79 Å². The Hall–Kier alpha value is -1.59. The molecule has 2 rings (SSSR count). The zero-order valence-corrected chi connectivity index (χ0v) is 12.7. The number of β-amino-alcohol motifs (C(OH)–C–C–N with tert-alkyl or cyclic N) is 1. The third-order valence-corrected chi connectivity index (χ3v) is 3.79. The minimum Gasteiger partial charge on any atom is -0.508 e. The first kappa shape index (κ1) is 15.8. The second-order valence-electron chi connectivity index (χ2n) is 6.02. The van der Waals surface area contributed by atoms with Gasteiger partial charge in [0.15, 0.2) is 0 Å². The maximum atomic E-state index is 12.3. The molecule has 0 fully saturated rings. The molecule has 0 saturated carbocycles. The van der Waals surface area contributed by atoms with Crippen LogP contribution in [0.2, 0.25) is 0 Å². The van der Waals surface area contributed by atoms with E-state index in [2.05, 4.69) is 13.8 Å². The molecule has 116 valence electrons. The maximum Gasteiger partial charge on any atom is 0.328 e. The van der Waals surface area contributed by atoms with Gasteiger partial charge in [-0.1, -0.05) is 19.9 Å². The minimum atomic E-state index is -0.711. The molecule has 0 bridgehead atoms. The first-order valence-corrected chi connectivity index (χ1v) is 7.28. The van der Waals surface area contributed by atoms with E-state index in [4.69, 9.17) is 4.74 Å². The van der Waals surface area contributed by atoms with Crippen LogP contribution < -0.4 is 0 Å². The number of rotatable bonds is 4. The highest BCUT2D eigenvalue weighted by Gasteiger charge is 2.35. The fourth-order valence-electron chi connectivity index (χ4n) is 2.59. The monoisotopic (exact) mass is 293 g/mol. The Morgan fingerprint density at radius 1 is 1.43 bits per heavy atom. The number of carbonyl (C=O) groups is 1. The number of ether oxygens (including phenoxy) is 1. The molecule has 0 aromatic heterocycles. The van der Waals surface area contributed by atoms with Crippen LogP contribution in [0.5, 0.6) is 5.75 Å². The standard InChI is InChI=1S/C16H23NO4/c1-10(2)6-7-21-16(20)15-12-5-4-11(18)8-13(12)14(19)9-17(15)3/h4-5,8,10,14-15,18-19H,6-7,9H2,1-3H3. The molecule has 21 heavy (non-hydrogen) atoms. The van der Waals surface area contributed by atoms with Gasteiger partial charge in [-0.2, -0.15) is 0 Å². The van der Waals surface area contributed by atoms with Crippen LogP contribution in [-0.4, -0.2) is 41.3 Å². The van der Waals surface area contributed by atoms with Gasteiger partial charge in [-0.05, 0) is 42.6 Å². The van der Waals surface area contributed by atoms with E-state index in [1.54, 1.807) is 18.0 Å². The summed E-state index contributed by atoms with van der Waals surface area (Å²) in [6, 6.07) is 4.19. The lowest BCUT2D eigenvalue weighted by Gasteiger charge is -2.35. The molecule has 2 N–H and O–H groups in total. The third kappa shape index (κ3) is 3.54. The number of benzene rings is 1. The molecular formula is C16H23NO4. The summed E-state index contributed by atoms with van der Waals surface area (Å²) in [6.45, 7) is 4.89.